The van der Waals surface area contributed by atoms with Gasteiger partial charge in [0.05, 0.1) is 5.92 Å². The van der Waals surface area contributed by atoms with Crippen LogP contribution in [0.3, 0.4) is 0 Å². The monoisotopic (exact) mass is 370 g/mol. The van der Waals surface area contributed by atoms with Crippen LogP contribution in [0.15, 0.2) is 60.7 Å². The molecule has 1 amide bonds. The van der Waals surface area contributed by atoms with E-state index < -0.39 is 17.8 Å². The van der Waals surface area contributed by atoms with Crippen LogP contribution in [0.1, 0.15) is 12.8 Å². The number of rotatable bonds is 5. The number of carbonyl (C=O) groups excluding carboxylic acids is 2. The third-order valence-corrected chi connectivity index (χ3v) is 4.50. The van der Waals surface area contributed by atoms with Crippen molar-refractivity contribution in [3.63, 3.8) is 0 Å². The minimum atomic E-state index is -1.19. The summed E-state index contributed by atoms with van der Waals surface area (Å²) >= 11 is 5.84. The molecule has 0 saturated carbocycles. The summed E-state index contributed by atoms with van der Waals surface area (Å²) in [5.74, 6) is -1.69. The SMILES string of the molecule is O=C([O-])C1CC=CCC1C(=O)Nc1ccc(Oc2ccc(Cl)cc2)cc1. The summed E-state index contributed by atoms with van der Waals surface area (Å²) in [7, 11) is 0. The van der Waals surface area contributed by atoms with Crippen LogP contribution in [-0.2, 0) is 9.59 Å². The largest absolute Gasteiger partial charge is 0.550 e. The maximum absolute atomic E-state index is 12.4. The number of aliphatic carboxylic acids is 1. The lowest BCUT2D eigenvalue weighted by Crippen LogP contribution is -2.41. The number of amides is 1. The van der Waals surface area contributed by atoms with Crippen molar-refractivity contribution in [2.24, 2.45) is 11.8 Å². The first-order valence-corrected chi connectivity index (χ1v) is 8.61. The van der Waals surface area contributed by atoms with Gasteiger partial charge in [-0.15, -0.1) is 0 Å². The number of halogens is 1. The number of carbonyl (C=O) groups is 2. The van der Waals surface area contributed by atoms with Gasteiger partial charge in [0.15, 0.2) is 0 Å². The topological polar surface area (TPSA) is 78.5 Å². The van der Waals surface area contributed by atoms with Gasteiger partial charge in [-0.05, 0) is 61.4 Å². The molecule has 26 heavy (non-hydrogen) atoms. The number of carboxylic acid groups (broad SMARTS) is 1. The lowest BCUT2D eigenvalue weighted by molar-refractivity contribution is -0.313. The van der Waals surface area contributed by atoms with Gasteiger partial charge in [0, 0.05) is 22.6 Å². The Balaban J connectivity index is 1.63. The molecule has 0 aliphatic heterocycles. The van der Waals surface area contributed by atoms with Crippen LogP contribution in [0, 0.1) is 11.8 Å². The van der Waals surface area contributed by atoms with Gasteiger partial charge in [0.25, 0.3) is 0 Å². The summed E-state index contributed by atoms with van der Waals surface area (Å²) in [6, 6.07) is 13.8. The first-order valence-electron chi connectivity index (χ1n) is 8.23. The molecule has 1 aliphatic carbocycles. The number of allylic oxidation sites excluding steroid dienone is 2. The van der Waals surface area contributed by atoms with E-state index in [4.69, 9.17) is 16.3 Å². The molecule has 0 radical (unpaired) electrons. The Morgan fingerprint density at radius 3 is 2.04 bits per heavy atom. The quantitative estimate of drug-likeness (QED) is 0.818. The van der Waals surface area contributed by atoms with Crippen molar-refractivity contribution in [1.82, 2.24) is 0 Å². The van der Waals surface area contributed by atoms with E-state index in [2.05, 4.69) is 5.32 Å². The average Bonchev–Trinajstić information content (AvgIpc) is 2.65. The number of hydrogen-bond acceptors (Lipinski definition) is 4. The molecule has 2 aromatic rings. The lowest BCUT2D eigenvalue weighted by atomic mass is 9.82. The number of carboxylic acids is 1. The van der Waals surface area contributed by atoms with Gasteiger partial charge in [0.1, 0.15) is 11.5 Å². The van der Waals surface area contributed by atoms with Crippen LogP contribution < -0.4 is 15.2 Å². The number of hydrogen-bond donors (Lipinski definition) is 1. The van der Waals surface area contributed by atoms with Crippen LogP contribution in [0.5, 0.6) is 11.5 Å². The van der Waals surface area contributed by atoms with E-state index >= 15 is 0 Å². The fourth-order valence-electron chi connectivity index (χ4n) is 2.84. The molecule has 0 bridgehead atoms. The van der Waals surface area contributed by atoms with Gasteiger partial charge in [0.2, 0.25) is 5.91 Å². The first-order chi connectivity index (χ1) is 12.5. The highest BCUT2D eigenvalue weighted by atomic mass is 35.5. The number of anilines is 1. The van der Waals surface area contributed by atoms with Crippen LogP contribution in [0.2, 0.25) is 5.02 Å². The number of nitrogens with one attached hydrogen (secondary N) is 1. The molecule has 0 aromatic heterocycles. The fraction of sp³-hybridized carbons (Fsp3) is 0.200. The van der Waals surface area contributed by atoms with E-state index in [1.807, 2.05) is 6.08 Å². The molecule has 3 rings (SSSR count). The molecule has 0 heterocycles. The van der Waals surface area contributed by atoms with Gasteiger partial charge in [-0.2, -0.15) is 0 Å². The fourth-order valence-corrected chi connectivity index (χ4v) is 2.97. The minimum Gasteiger partial charge on any atom is -0.550 e. The highest BCUT2D eigenvalue weighted by Gasteiger charge is 2.29. The number of benzene rings is 2. The molecule has 0 saturated heterocycles. The van der Waals surface area contributed by atoms with E-state index in [0.29, 0.717) is 35.1 Å². The minimum absolute atomic E-state index is 0.314. The smallest absolute Gasteiger partial charge is 0.228 e. The molecule has 2 atom stereocenters. The molecule has 6 heteroatoms. The predicted molar refractivity (Wildman–Crippen MR) is 97.0 cm³/mol. The zero-order valence-corrected chi connectivity index (χ0v) is 14.6. The Morgan fingerprint density at radius 1 is 0.923 bits per heavy atom. The maximum atomic E-state index is 12.4. The molecular weight excluding hydrogens is 354 g/mol. The zero-order chi connectivity index (χ0) is 18.5. The summed E-state index contributed by atoms with van der Waals surface area (Å²) in [6.45, 7) is 0. The second-order valence-corrected chi connectivity index (χ2v) is 6.48. The number of ether oxygens (including phenoxy) is 1. The Hall–Kier alpha value is -2.79. The normalized spacial score (nSPS) is 19.0. The van der Waals surface area contributed by atoms with E-state index in [-0.39, 0.29) is 5.91 Å². The highest BCUT2D eigenvalue weighted by Crippen LogP contribution is 2.28. The summed E-state index contributed by atoms with van der Waals surface area (Å²) in [5, 5.41) is 14.6. The van der Waals surface area contributed by atoms with Crippen molar-refractivity contribution in [3.05, 3.63) is 65.7 Å². The second-order valence-electron chi connectivity index (χ2n) is 6.04. The third-order valence-electron chi connectivity index (χ3n) is 4.24. The summed E-state index contributed by atoms with van der Waals surface area (Å²) in [6.07, 6.45) is 4.30. The van der Waals surface area contributed by atoms with Crippen LogP contribution in [0.4, 0.5) is 5.69 Å². The van der Waals surface area contributed by atoms with Gasteiger partial charge in [-0.3, -0.25) is 4.79 Å². The molecule has 1 N–H and O–H groups in total. The van der Waals surface area contributed by atoms with Crippen molar-refractivity contribution < 1.29 is 19.4 Å². The van der Waals surface area contributed by atoms with Gasteiger partial charge in [-0.25, -0.2) is 0 Å². The van der Waals surface area contributed by atoms with Gasteiger partial charge in [-0.1, -0.05) is 23.8 Å². The zero-order valence-electron chi connectivity index (χ0n) is 13.9. The third kappa shape index (κ3) is 4.43. The average molecular weight is 371 g/mol. The molecule has 5 nitrogen and oxygen atoms in total. The summed E-state index contributed by atoms with van der Waals surface area (Å²) in [5.41, 5.74) is 0.574. The van der Waals surface area contributed by atoms with Crippen LogP contribution in [-0.4, -0.2) is 11.9 Å². The van der Waals surface area contributed by atoms with E-state index in [1.165, 1.54) is 0 Å². The Kier molecular flexibility index (Phi) is 5.58. The maximum Gasteiger partial charge on any atom is 0.228 e. The van der Waals surface area contributed by atoms with Crippen molar-refractivity contribution in [3.8, 4) is 11.5 Å². The first kappa shape index (κ1) is 18.0. The molecule has 1 aliphatic rings. The van der Waals surface area contributed by atoms with Crippen molar-refractivity contribution in [1.29, 1.82) is 0 Å². The van der Waals surface area contributed by atoms with Gasteiger partial charge >= 0.3 is 0 Å². The van der Waals surface area contributed by atoms with Gasteiger partial charge < -0.3 is 20.0 Å². The Morgan fingerprint density at radius 2 is 1.46 bits per heavy atom. The van der Waals surface area contributed by atoms with Crippen molar-refractivity contribution in [2.75, 3.05) is 5.32 Å². The molecule has 2 aromatic carbocycles. The van der Waals surface area contributed by atoms with Crippen LogP contribution >= 0.6 is 11.6 Å². The summed E-state index contributed by atoms with van der Waals surface area (Å²) < 4.78 is 5.69. The Labute approximate surface area is 156 Å². The molecule has 0 spiro atoms. The summed E-state index contributed by atoms with van der Waals surface area (Å²) in [4.78, 5) is 23.6. The van der Waals surface area contributed by atoms with E-state index in [9.17, 15) is 14.7 Å². The molecule has 2 unspecified atom stereocenters. The van der Waals surface area contributed by atoms with E-state index in [1.54, 1.807) is 54.6 Å². The Bertz CT molecular complexity index is 815. The highest BCUT2D eigenvalue weighted by molar-refractivity contribution is 6.30. The van der Waals surface area contributed by atoms with Crippen molar-refractivity contribution >= 4 is 29.2 Å². The standard InChI is InChI=1S/C20H18ClNO4/c21-13-5-9-15(10-6-13)26-16-11-7-14(8-12-16)22-19(23)17-3-1-2-4-18(17)20(24)25/h1-2,5-12,17-18H,3-4H2,(H,22,23)(H,24,25)/p-1. The van der Waals surface area contributed by atoms with E-state index in [0.717, 1.165) is 0 Å². The molecule has 134 valence electrons. The lowest BCUT2D eigenvalue weighted by Gasteiger charge is -2.28. The molecular formula is C20H17ClNO4-. The van der Waals surface area contributed by atoms with Crippen LogP contribution in [0.25, 0.3) is 0 Å². The predicted octanol–water partition coefficient (Wildman–Crippen LogP) is 3.40. The second kappa shape index (κ2) is 8.06. The van der Waals surface area contributed by atoms with Crippen molar-refractivity contribution in [2.45, 2.75) is 12.8 Å². The molecule has 0 fully saturated rings.